The Labute approximate surface area is 122 Å². The summed E-state index contributed by atoms with van der Waals surface area (Å²) >= 11 is 0. The zero-order valence-corrected chi connectivity index (χ0v) is 12.1. The molecule has 2 saturated heterocycles. The minimum absolute atomic E-state index is 0.0803. The number of nitrogens with zero attached hydrogens (tertiary/aromatic N) is 2. The highest BCUT2D eigenvalue weighted by Crippen LogP contribution is 2.31. The van der Waals surface area contributed by atoms with Gasteiger partial charge in [-0.05, 0) is 31.7 Å². The molecule has 2 bridgehead atoms. The van der Waals surface area contributed by atoms with Gasteiger partial charge in [0, 0.05) is 24.0 Å². The van der Waals surface area contributed by atoms with E-state index in [4.69, 9.17) is 4.74 Å². The molecule has 0 amide bonds. The van der Waals surface area contributed by atoms with Crippen molar-refractivity contribution in [2.24, 2.45) is 0 Å². The van der Waals surface area contributed by atoms with Gasteiger partial charge in [-0.2, -0.15) is 5.10 Å². The van der Waals surface area contributed by atoms with Crippen LogP contribution in [-0.4, -0.2) is 59.7 Å². The van der Waals surface area contributed by atoms with E-state index in [0.29, 0.717) is 11.7 Å². The first-order valence-electron chi connectivity index (χ1n) is 7.20. The van der Waals surface area contributed by atoms with Crippen molar-refractivity contribution in [1.82, 2.24) is 20.4 Å². The Bertz CT molecular complexity index is 709. The molecule has 0 radical (unpaired) electrons. The van der Waals surface area contributed by atoms with E-state index < -0.39 is 0 Å². The van der Waals surface area contributed by atoms with Gasteiger partial charge in [-0.3, -0.25) is 14.8 Å². The van der Waals surface area contributed by atoms with Gasteiger partial charge in [-0.15, -0.1) is 0 Å². The maximum Gasteiger partial charge on any atom is 0.202 e. The first-order valence-corrected chi connectivity index (χ1v) is 7.20. The molecule has 1 aromatic heterocycles. The van der Waals surface area contributed by atoms with Gasteiger partial charge in [0.25, 0.3) is 0 Å². The molecule has 6 nitrogen and oxygen atoms in total. The second-order valence-corrected chi connectivity index (χ2v) is 5.86. The van der Waals surface area contributed by atoms with Crippen LogP contribution >= 0.6 is 0 Å². The van der Waals surface area contributed by atoms with Gasteiger partial charge in [0.1, 0.15) is 11.4 Å². The Balaban J connectivity index is 1.74. The summed E-state index contributed by atoms with van der Waals surface area (Å²) in [7, 11) is 3.65. The molecule has 4 rings (SSSR count). The van der Waals surface area contributed by atoms with Crippen molar-refractivity contribution >= 4 is 16.7 Å². The van der Waals surface area contributed by atoms with E-state index in [1.807, 2.05) is 25.2 Å². The van der Waals surface area contributed by atoms with Gasteiger partial charge in [-0.1, -0.05) is 0 Å². The van der Waals surface area contributed by atoms with E-state index in [2.05, 4.69) is 20.4 Å². The number of aromatic nitrogens is 2. The Morgan fingerprint density at radius 1 is 1.48 bits per heavy atom. The maximum atomic E-state index is 12.9. The summed E-state index contributed by atoms with van der Waals surface area (Å²) in [6.45, 7) is 0.972. The number of fused-ring (bicyclic) bond motifs is 3. The van der Waals surface area contributed by atoms with Crippen LogP contribution in [-0.2, 0) is 0 Å². The highest BCUT2D eigenvalue weighted by Gasteiger charge is 2.48. The number of carbonyl (C=O) groups excluding carboxylic acids is 1. The average molecular weight is 286 g/mol. The lowest BCUT2D eigenvalue weighted by Gasteiger charge is -2.30. The Morgan fingerprint density at radius 2 is 2.33 bits per heavy atom. The molecule has 2 aliphatic rings. The molecule has 0 spiro atoms. The van der Waals surface area contributed by atoms with Crippen LogP contribution in [0.5, 0.6) is 5.75 Å². The minimum Gasteiger partial charge on any atom is -0.497 e. The zero-order valence-electron chi connectivity index (χ0n) is 12.1. The summed E-state index contributed by atoms with van der Waals surface area (Å²) in [5.74, 6) is 0.814. The lowest BCUT2D eigenvalue weighted by Crippen LogP contribution is -2.53. The molecule has 21 heavy (non-hydrogen) atoms. The van der Waals surface area contributed by atoms with Crippen molar-refractivity contribution < 1.29 is 9.53 Å². The number of ether oxygens (including phenoxy) is 1. The van der Waals surface area contributed by atoms with E-state index >= 15 is 0 Å². The largest absolute Gasteiger partial charge is 0.497 e. The number of carbonyl (C=O) groups is 1. The van der Waals surface area contributed by atoms with E-state index in [1.165, 1.54) is 0 Å². The van der Waals surface area contributed by atoms with Gasteiger partial charge >= 0.3 is 0 Å². The van der Waals surface area contributed by atoms with E-state index in [0.717, 1.165) is 29.6 Å². The number of hydrogen-bond donors (Lipinski definition) is 2. The van der Waals surface area contributed by atoms with Gasteiger partial charge in [0.05, 0.1) is 18.7 Å². The molecule has 2 fully saturated rings. The standard InChI is InChI=1S/C15H18N4O2/c1-19-8-5-12(16-7-8)14(19)15(20)13-10-6-9(21-2)3-4-11(10)17-18-13/h3-4,6,8,12,14,16H,5,7H2,1-2H3,(H,17,18)/t8-,12+,14?/m1/s1. The lowest BCUT2D eigenvalue weighted by molar-refractivity contribution is 0.0811. The molecule has 1 aromatic carbocycles. The number of hydrogen-bond acceptors (Lipinski definition) is 5. The van der Waals surface area contributed by atoms with Crippen LogP contribution in [0.3, 0.4) is 0 Å². The SMILES string of the molecule is COc1ccc2[nH]nc(C(=O)C3[C@@H]4C[C@H](CN4)N3C)c2c1. The quantitative estimate of drug-likeness (QED) is 0.817. The molecule has 2 N–H and O–H groups in total. The number of likely N-dealkylation sites (tertiary alicyclic amines) is 1. The number of piperazine rings is 1. The highest BCUT2D eigenvalue weighted by atomic mass is 16.5. The van der Waals surface area contributed by atoms with E-state index in [9.17, 15) is 4.79 Å². The smallest absolute Gasteiger partial charge is 0.202 e. The molecule has 2 aromatic rings. The van der Waals surface area contributed by atoms with Crippen LogP contribution in [0.4, 0.5) is 0 Å². The second kappa shape index (κ2) is 4.54. The number of Topliss-reactive ketones (excluding diaryl/α,β-unsaturated/α-hetero) is 1. The van der Waals surface area contributed by atoms with Gasteiger partial charge in [0.2, 0.25) is 5.78 Å². The molecule has 2 aliphatic heterocycles. The van der Waals surface area contributed by atoms with E-state index in [-0.39, 0.29) is 17.9 Å². The van der Waals surface area contributed by atoms with Crippen molar-refractivity contribution in [3.05, 3.63) is 23.9 Å². The summed E-state index contributed by atoms with van der Waals surface area (Å²) in [4.78, 5) is 15.1. The topological polar surface area (TPSA) is 70.2 Å². The Kier molecular flexibility index (Phi) is 2.77. The van der Waals surface area contributed by atoms with Crippen LogP contribution in [0, 0.1) is 0 Å². The first kappa shape index (κ1) is 12.8. The third-order valence-corrected chi connectivity index (χ3v) is 4.81. The molecule has 6 heteroatoms. The third kappa shape index (κ3) is 1.79. The summed E-state index contributed by atoms with van der Waals surface area (Å²) < 4.78 is 5.25. The molecule has 1 unspecified atom stereocenters. The molecule has 3 atom stereocenters. The van der Waals surface area contributed by atoms with Crippen molar-refractivity contribution in [2.45, 2.75) is 24.5 Å². The van der Waals surface area contributed by atoms with Gasteiger partial charge in [-0.25, -0.2) is 0 Å². The predicted molar refractivity (Wildman–Crippen MR) is 78.7 cm³/mol. The summed E-state index contributed by atoms with van der Waals surface area (Å²) in [5.41, 5.74) is 1.37. The number of likely N-dealkylation sites (N-methyl/N-ethyl adjacent to an activating group) is 1. The number of ketones is 1. The summed E-state index contributed by atoms with van der Waals surface area (Å²) in [6, 6.07) is 6.20. The molecule has 3 heterocycles. The number of methoxy groups -OCH3 is 1. The molecular formula is C15H18N4O2. The fourth-order valence-electron chi connectivity index (χ4n) is 3.62. The maximum absolute atomic E-state index is 12.9. The summed E-state index contributed by atoms with van der Waals surface area (Å²) in [5, 5.41) is 11.4. The van der Waals surface area contributed by atoms with Crippen LogP contribution < -0.4 is 10.1 Å². The molecule has 0 aliphatic carbocycles. The van der Waals surface area contributed by atoms with Crippen molar-refractivity contribution in [1.29, 1.82) is 0 Å². The number of benzene rings is 1. The van der Waals surface area contributed by atoms with E-state index in [1.54, 1.807) is 7.11 Å². The monoisotopic (exact) mass is 286 g/mol. The van der Waals surface area contributed by atoms with Gasteiger partial charge < -0.3 is 10.1 Å². The number of aromatic amines is 1. The Hall–Kier alpha value is -1.92. The first-order chi connectivity index (χ1) is 10.2. The fraction of sp³-hybridized carbons (Fsp3) is 0.467. The van der Waals surface area contributed by atoms with Crippen molar-refractivity contribution in [3.8, 4) is 5.75 Å². The number of nitrogens with one attached hydrogen (secondary N) is 2. The van der Waals surface area contributed by atoms with Crippen LogP contribution in [0.15, 0.2) is 18.2 Å². The molecular weight excluding hydrogens is 268 g/mol. The fourth-order valence-corrected chi connectivity index (χ4v) is 3.62. The number of rotatable bonds is 3. The predicted octanol–water partition coefficient (Wildman–Crippen LogP) is 0.799. The lowest BCUT2D eigenvalue weighted by atomic mass is 10.0. The van der Waals surface area contributed by atoms with Crippen molar-refractivity contribution in [3.63, 3.8) is 0 Å². The average Bonchev–Trinajstić information content (AvgIpc) is 3.19. The van der Waals surface area contributed by atoms with Gasteiger partial charge in [0.15, 0.2) is 0 Å². The van der Waals surface area contributed by atoms with Crippen LogP contribution in [0.25, 0.3) is 10.9 Å². The summed E-state index contributed by atoms with van der Waals surface area (Å²) in [6.07, 6.45) is 1.04. The highest BCUT2D eigenvalue weighted by molar-refractivity contribution is 6.09. The van der Waals surface area contributed by atoms with Crippen molar-refractivity contribution in [2.75, 3.05) is 20.7 Å². The number of H-pyrrole nitrogens is 1. The van der Waals surface area contributed by atoms with Crippen LogP contribution in [0.2, 0.25) is 0 Å². The molecule has 0 saturated carbocycles. The van der Waals surface area contributed by atoms with Crippen LogP contribution in [0.1, 0.15) is 16.9 Å². The Morgan fingerprint density at radius 3 is 3.05 bits per heavy atom. The molecule has 110 valence electrons. The zero-order chi connectivity index (χ0) is 14.6. The third-order valence-electron chi connectivity index (χ3n) is 4.81. The normalized spacial score (nSPS) is 28.4. The minimum atomic E-state index is -0.124. The second-order valence-electron chi connectivity index (χ2n) is 5.86.